The Morgan fingerprint density at radius 1 is 1.19 bits per heavy atom. The zero-order valence-electron chi connectivity index (χ0n) is 8.97. The van der Waals surface area contributed by atoms with Crippen LogP contribution in [0.2, 0.25) is 0 Å². The van der Waals surface area contributed by atoms with Gasteiger partial charge in [-0.15, -0.1) is 0 Å². The first kappa shape index (κ1) is 10.5. The lowest BCUT2D eigenvalue weighted by Gasteiger charge is -2.17. The van der Waals surface area contributed by atoms with E-state index in [9.17, 15) is 4.39 Å². The van der Waals surface area contributed by atoms with E-state index in [0.717, 1.165) is 11.4 Å². The Kier molecular flexibility index (Phi) is 3.10. The maximum atomic E-state index is 12.7. The number of halogens is 1. The predicted octanol–water partition coefficient (Wildman–Crippen LogP) is 2.25. The van der Waals surface area contributed by atoms with E-state index < -0.39 is 0 Å². The summed E-state index contributed by atoms with van der Waals surface area (Å²) in [6.07, 6.45) is 4.98. The fourth-order valence-corrected chi connectivity index (χ4v) is 1.43. The van der Waals surface area contributed by atoms with Gasteiger partial charge in [-0.3, -0.25) is 4.98 Å². The van der Waals surface area contributed by atoms with Gasteiger partial charge < -0.3 is 4.90 Å². The van der Waals surface area contributed by atoms with Crippen molar-refractivity contribution in [2.24, 2.45) is 0 Å². The quantitative estimate of drug-likeness (QED) is 0.789. The number of aromatic nitrogens is 2. The highest BCUT2D eigenvalue weighted by atomic mass is 19.1. The lowest BCUT2D eigenvalue weighted by atomic mass is 10.2. The van der Waals surface area contributed by atoms with Crippen molar-refractivity contribution in [1.29, 1.82) is 0 Å². The van der Waals surface area contributed by atoms with Crippen LogP contribution < -0.4 is 4.90 Å². The summed E-state index contributed by atoms with van der Waals surface area (Å²) >= 11 is 0. The highest BCUT2D eigenvalue weighted by Gasteiger charge is 2.02. The topological polar surface area (TPSA) is 29.0 Å². The first-order chi connectivity index (χ1) is 7.75. The molecule has 1 aromatic carbocycles. The second-order valence-electron chi connectivity index (χ2n) is 3.55. The molecule has 0 atom stereocenters. The maximum Gasteiger partial charge on any atom is 0.147 e. The summed E-state index contributed by atoms with van der Waals surface area (Å²) in [4.78, 5) is 10.1. The largest absolute Gasteiger partial charge is 0.354 e. The van der Waals surface area contributed by atoms with Gasteiger partial charge in [0.25, 0.3) is 0 Å². The summed E-state index contributed by atoms with van der Waals surface area (Å²) < 4.78 is 12.7. The molecular formula is C12H12FN3. The molecule has 16 heavy (non-hydrogen) atoms. The number of benzene rings is 1. The van der Waals surface area contributed by atoms with Crippen molar-refractivity contribution in [3.63, 3.8) is 0 Å². The van der Waals surface area contributed by atoms with Crippen LogP contribution in [0.5, 0.6) is 0 Å². The fourth-order valence-electron chi connectivity index (χ4n) is 1.43. The molecule has 1 heterocycles. The Morgan fingerprint density at radius 2 is 1.94 bits per heavy atom. The molecule has 0 aliphatic carbocycles. The van der Waals surface area contributed by atoms with Crippen LogP contribution in [0, 0.1) is 5.82 Å². The van der Waals surface area contributed by atoms with Gasteiger partial charge in [0, 0.05) is 26.0 Å². The van der Waals surface area contributed by atoms with Gasteiger partial charge in [0.15, 0.2) is 0 Å². The van der Waals surface area contributed by atoms with Gasteiger partial charge in [-0.25, -0.2) is 9.37 Å². The molecule has 0 bridgehead atoms. The fraction of sp³-hybridized carbons (Fsp3) is 0.167. The molecule has 2 rings (SSSR count). The molecule has 0 unspecified atom stereocenters. The molecule has 3 nitrogen and oxygen atoms in total. The molecular weight excluding hydrogens is 205 g/mol. The second kappa shape index (κ2) is 4.70. The molecule has 0 N–H and O–H groups in total. The van der Waals surface area contributed by atoms with E-state index >= 15 is 0 Å². The van der Waals surface area contributed by atoms with Crippen molar-refractivity contribution < 1.29 is 4.39 Å². The third kappa shape index (κ3) is 2.53. The Bertz CT molecular complexity index is 442. The van der Waals surface area contributed by atoms with Crippen LogP contribution in [0.4, 0.5) is 10.2 Å². The summed E-state index contributed by atoms with van der Waals surface area (Å²) in [6.45, 7) is 0.680. The summed E-state index contributed by atoms with van der Waals surface area (Å²) in [7, 11) is 1.92. The maximum absolute atomic E-state index is 12.7. The number of nitrogens with zero attached hydrogens (tertiary/aromatic N) is 3. The molecule has 0 aliphatic rings. The van der Waals surface area contributed by atoms with E-state index in [1.807, 2.05) is 11.9 Å². The van der Waals surface area contributed by atoms with Crippen molar-refractivity contribution in [2.45, 2.75) is 6.54 Å². The van der Waals surface area contributed by atoms with E-state index in [0.29, 0.717) is 6.54 Å². The third-order valence-electron chi connectivity index (χ3n) is 2.27. The Labute approximate surface area is 93.6 Å². The average Bonchev–Trinajstić information content (AvgIpc) is 2.33. The minimum absolute atomic E-state index is 0.217. The highest BCUT2D eigenvalue weighted by molar-refractivity contribution is 5.35. The summed E-state index contributed by atoms with van der Waals surface area (Å²) in [5, 5.41) is 0. The first-order valence-electron chi connectivity index (χ1n) is 4.97. The Morgan fingerprint density at radius 3 is 2.56 bits per heavy atom. The molecule has 0 spiro atoms. The van der Waals surface area contributed by atoms with Crippen molar-refractivity contribution in [2.75, 3.05) is 11.9 Å². The first-order valence-corrected chi connectivity index (χ1v) is 4.97. The summed E-state index contributed by atoms with van der Waals surface area (Å²) in [5.74, 6) is 0.581. The van der Waals surface area contributed by atoms with Gasteiger partial charge in [-0.2, -0.15) is 0 Å². The van der Waals surface area contributed by atoms with Crippen molar-refractivity contribution >= 4 is 5.82 Å². The van der Waals surface area contributed by atoms with Crippen molar-refractivity contribution in [3.05, 3.63) is 54.2 Å². The van der Waals surface area contributed by atoms with Gasteiger partial charge >= 0.3 is 0 Å². The Hall–Kier alpha value is -1.97. The molecule has 4 heteroatoms. The molecule has 0 saturated heterocycles. The highest BCUT2D eigenvalue weighted by Crippen LogP contribution is 2.11. The minimum Gasteiger partial charge on any atom is -0.354 e. The van der Waals surface area contributed by atoms with Crippen molar-refractivity contribution in [3.8, 4) is 0 Å². The van der Waals surface area contributed by atoms with Gasteiger partial charge in [0.05, 0.1) is 6.20 Å². The van der Waals surface area contributed by atoms with Gasteiger partial charge in [-0.1, -0.05) is 12.1 Å². The molecule has 0 saturated carbocycles. The Balaban J connectivity index is 2.08. The normalized spacial score (nSPS) is 10.1. The van der Waals surface area contributed by atoms with Crippen molar-refractivity contribution in [1.82, 2.24) is 9.97 Å². The van der Waals surface area contributed by atoms with Crippen LogP contribution in [0.25, 0.3) is 0 Å². The summed E-state index contributed by atoms with van der Waals surface area (Å²) in [6, 6.07) is 6.45. The van der Waals surface area contributed by atoms with E-state index in [2.05, 4.69) is 9.97 Å². The van der Waals surface area contributed by atoms with Crippen LogP contribution in [0.15, 0.2) is 42.9 Å². The molecule has 0 radical (unpaired) electrons. The van der Waals surface area contributed by atoms with Gasteiger partial charge in [0.2, 0.25) is 0 Å². The van der Waals surface area contributed by atoms with E-state index in [1.165, 1.54) is 12.1 Å². The minimum atomic E-state index is -0.217. The van der Waals surface area contributed by atoms with Crippen LogP contribution in [0.1, 0.15) is 5.56 Å². The zero-order valence-corrected chi connectivity index (χ0v) is 8.97. The third-order valence-corrected chi connectivity index (χ3v) is 2.27. The van der Waals surface area contributed by atoms with Crippen LogP contribution in [-0.4, -0.2) is 17.0 Å². The number of anilines is 1. The standard InChI is InChI=1S/C12H12FN3/c1-16(12-8-14-6-7-15-12)9-10-2-4-11(13)5-3-10/h2-8H,9H2,1H3. The molecule has 0 fully saturated rings. The lowest BCUT2D eigenvalue weighted by molar-refractivity contribution is 0.627. The number of rotatable bonds is 3. The van der Waals surface area contributed by atoms with Crippen LogP contribution >= 0.6 is 0 Å². The number of hydrogen-bond donors (Lipinski definition) is 0. The zero-order chi connectivity index (χ0) is 11.4. The van der Waals surface area contributed by atoms with E-state index in [4.69, 9.17) is 0 Å². The lowest BCUT2D eigenvalue weighted by Crippen LogP contribution is -2.17. The smallest absolute Gasteiger partial charge is 0.147 e. The monoisotopic (exact) mass is 217 g/mol. The number of hydrogen-bond acceptors (Lipinski definition) is 3. The molecule has 2 aromatic rings. The molecule has 0 amide bonds. The average molecular weight is 217 g/mol. The van der Waals surface area contributed by atoms with Gasteiger partial charge in [-0.05, 0) is 17.7 Å². The second-order valence-corrected chi connectivity index (χ2v) is 3.55. The SMILES string of the molecule is CN(Cc1ccc(F)cc1)c1cnccn1. The van der Waals surface area contributed by atoms with E-state index in [-0.39, 0.29) is 5.82 Å². The molecule has 82 valence electrons. The van der Waals surface area contributed by atoms with Gasteiger partial charge in [0.1, 0.15) is 11.6 Å². The van der Waals surface area contributed by atoms with Crippen LogP contribution in [0.3, 0.4) is 0 Å². The summed E-state index contributed by atoms with van der Waals surface area (Å²) in [5.41, 5.74) is 1.04. The molecule has 1 aromatic heterocycles. The molecule has 0 aliphatic heterocycles. The van der Waals surface area contributed by atoms with E-state index in [1.54, 1.807) is 30.7 Å². The predicted molar refractivity (Wildman–Crippen MR) is 60.5 cm³/mol. The van der Waals surface area contributed by atoms with Crippen LogP contribution in [-0.2, 0) is 6.54 Å².